The summed E-state index contributed by atoms with van der Waals surface area (Å²) in [4.78, 5) is 3.63. The summed E-state index contributed by atoms with van der Waals surface area (Å²) in [7, 11) is 0. The molecule has 0 aromatic heterocycles. The summed E-state index contributed by atoms with van der Waals surface area (Å²) in [5.41, 5.74) is 0. The van der Waals surface area contributed by atoms with Crippen molar-refractivity contribution in [1.29, 1.82) is 5.26 Å². The van der Waals surface area contributed by atoms with E-state index in [-0.39, 0.29) is 0 Å². The molecule has 0 aliphatic heterocycles. The Morgan fingerprint density at radius 3 is 2.75 bits per heavy atom. The molecule has 84 valence electrons. The van der Waals surface area contributed by atoms with Gasteiger partial charge in [0.1, 0.15) is 16.1 Å². The number of hydrogen-bond acceptors (Lipinski definition) is 5. The Morgan fingerprint density at radius 1 is 1.50 bits per heavy atom. The van der Waals surface area contributed by atoms with Crippen LogP contribution < -0.4 is 4.74 Å². The van der Waals surface area contributed by atoms with Crippen molar-refractivity contribution in [3.8, 4) is 11.9 Å². The number of ether oxygens (including phenoxy) is 1. The average molecular weight is 273 g/mol. The molecule has 0 atom stereocenters. The predicted octanol–water partition coefficient (Wildman–Crippen LogP) is 3.61. The molecule has 0 aliphatic rings. The van der Waals surface area contributed by atoms with E-state index in [0.29, 0.717) is 15.3 Å². The summed E-state index contributed by atoms with van der Waals surface area (Å²) in [6.07, 6.45) is 3.61. The van der Waals surface area contributed by atoms with Gasteiger partial charge in [0.05, 0.1) is 0 Å². The lowest BCUT2D eigenvalue weighted by Crippen LogP contribution is -1.95. The van der Waals surface area contributed by atoms with E-state index in [2.05, 4.69) is 4.99 Å². The molecule has 0 aliphatic carbocycles. The van der Waals surface area contributed by atoms with Crippen molar-refractivity contribution in [1.82, 2.24) is 0 Å². The first-order valence-electron chi connectivity index (χ1n) is 4.28. The minimum Gasteiger partial charge on any atom is -0.483 e. The van der Waals surface area contributed by atoms with Crippen molar-refractivity contribution in [3.63, 3.8) is 0 Å². The molecular formula is C10H9ClN2OS2. The lowest BCUT2D eigenvalue weighted by Gasteiger charge is -2.05. The van der Waals surface area contributed by atoms with Crippen LogP contribution in [-0.2, 0) is 0 Å². The zero-order chi connectivity index (χ0) is 11.8. The molecule has 0 heterocycles. The lowest BCUT2D eigenvalue weighted by molar-refractivity contribution is 0.394. The van der Waals surface area contributed by atoms with E-state index in [0.717, 1.165) is 5.75 Å². The number of aliphatic imine (C=N–C) groups is 1. The standard InChI is InChI=1S/C10H9ClN2OS2/c1-15-10(13-6-12)16-7-14-9-4-2-8(11)3-5-9/h2-5H,7H2,1H3. The summed E-state index contributed by atoms with van der Waals surface area (Å²) in [5.74, 6) is 1.16. The molecule has 0 N–H and O–H groups in total. The Hall–Kier alpha value is -0.830. The summed E-state index contributed by atoms with van der Waals surface area (Å²) in [5, 5.41) is 9.07. The fraction of sp³-hybridized carbons (Fsp3) is 0.200. The van der Waals surface area contributed by atoms with Gasteiger partial charge < -0.3 is 4.74 Å². The Bertz CT molecular complexity index is 400. The van der Waals surface area contributed by atoms with Gasteiger partial charge in [0, 0.05) is 5.02 Å². The fourth-order valence-electron chi connectivity index (χ4n) is 0.856. The summed E-state index contributed by atoms with van der Waals surface area (Å²) in [6.45, 7) is 0. The minimum atomic E-state index is 0.420. The van der Waals surface area contributed by atoms with Crippen LogP contribution in [0, 0.1) is 11.5 Å². The third-order valence-electron chi connectivity index (χ3n) is 1.54. The highest BCUT2D eigenvalue weighted by atomic mass is 35.5. The zero-order valence-corrected chi connectivity index (χ0v) is 10.9. The van der Waals surface area contributed by atoms with Gasteiger partial charge in [0.2, 0.25) is 6.19 Å². The van der Waals surface area contributed by atoms with Crippen LogP contribution >= 0.6 is 35.1 Å². The maximum absolute atomic E-state index is 8.40. The van der Waals surface area contributed by atoms with E-state index in [1.807, 2.05) is 6.26 Å². The number of rotatable bonds is 3. The number of nitrogens with zero attached hydrogens (tertiary/aromatic N) is 2. The number of nitriles is 1. The van der Waals surface area contributed by atoms with Crippen LogP contribution in [0.1, 0.15) is 0 Å². The van der Waals surface area contributed by atoms with E-state index in [9.17, 15) is 0 Å². The van der Waals surface area contributed by atoms with Gasteiger partial charge in [-0.3, -0.25) is 0 Å². The molecule has 0 unspecified atom stereocenters. The minimum absolute atomic E-state index is 0.420. The third-order valence-corrected chi connectivity index (χ3v) is 3.66. The van der Waals surface area contributed by atoms with Gasteiger partial charge in [-0.2, -0.15) is 10.3 Å². The second kappa shape index (κ2) is 7.44. The normalized spacial score (nSPS) is 10.9. The van der Waals surface area contributed by atoms with Crippen molar-refractivity contribution in [3.05, 3.63) is 29.3 Å². The number of hydrogen-bond donors (Lipinski definition) is 0. The third kappa shape index (κ3) is 4.79. The number of halogens is 1. The molecule has 0 spiro atoms. The van der Waals surface area contributed by atoms with Crippen LogP contribution in [0.25, 0.3) is 0 Å². The topological polar surface area (TPSA) is 45.4 Å². The summed E-state index contributed by atoms with van der Waals surface area (Å²) >= 11 is 8.54. The molecule has 3 nitrogen and oxygen atoms in total. The van der Waals surface area contributed by atoms with Gasteiger partial charge in [-0.15, -0.1) is 11.8 Å². The van der Waals surface area contributed by atoms with Crippen LogP contribution in [-0.4, -0.2) is 16.6 Å². The van der Waals surface area contributed by atoms with E-state index in [4.69, 9.17) is 21.6 Å². The molecule has 0 saturated heterocycles. The van der Waals surface area contributed by atoms with E-state index in [1.165, 1.54) is 23.5 Å². The molecule has 1 aromatic rings. The molecule has 0 radical (unpaired) electrons. The summed E-state index contributed by atoms with van der Waals surface area (Å²) < 4.78 is 6.13. The highest BCUT2D eigenvalue weighted by Crippen LogP contribution is 2.19. The first-order chi connectivity index (χ1) is 7.76. The van der Waals surface area contributed by atoms with Crippen LogP contribution in [0.15, 0.2) is 29.3 Å². The van der Waals surface area contributed by atoms with E-state index < -0.39 is 0 Å². The Balaban J connectivity index is 2.38. The molecule has 0 amide bonds. The monoisotopic (exact) mass is 272 g/mol. The summed E-state index contributed by atoms with van der Waals surface area (Å²) in [6, 6.07) is 7.12. The second-order valence-corrected chi connectivity index (χ2v) is 4.94. The molecule has 0 bridgehead atoms. The quantitative estimate of drug-likeness (QED) is 0.365. The van der Waals surface area contributed by atoms with Crippen LogP contribution in [0.5, 0.6) is 5.75 Å². The lowest BCUT2D eigenvalue weighted by atomic mass is 10.3. The maximum atomic E-state index is 8.40. The Morgan fingerprint density at radius 2 is 2.19 bits per heavy atom. The van der Waals surface area contributed by atoms with E-state index >= 15 is 0 Å². The highest BCUT2D eigenvalue weighted by Gasteiger charge is 1.99. The smallest absolute Gasteiger partial charge is 0.207 e. The van der Waals surface area contributed by atoms with Crippen molar-refractivity contribution >= 4 is 39.5 Å². The Kier molecular flexibility index (Phi) is 6.16. The van der Waals surface area contributed by atoms with Gasteiger partial charge in [0.15, 0.2) is 0 Å². The first-order valence-corrected chi connectivity index (χ1v) is 6.87. The fourth-order valence-corrected chi connectivity index (χ4v) is 2.13. The molecule has 0 fully saturated rings. The van der Waals surface area contributed by atoms with Crippen molar-refractivity contribution in [2.45, 2.75) is 0 Å². The SMILES string of the molecule is CSC(=NC#N)SCOc1ccc(Cl)cc1. The first kappa shape index (κ1) is 13.2. The van der Waals surface area contributed by atoms with Crippen LogP contribution in [0.3, 0.4) is 0 Å². The molecule has 1 rings (SSSR count). The molecule has 16 heavy (non-hydrogen) atoms. The molecule has 1 aromatic carbocycles. The van der Waals surface area contributed by atoms with Crippen molar-refractivity contribution < 1.29 is 4.74 Å². The van der Waals surface area contributed by atoms with Gasteiger partial charge in [0.25, 0.3) is 0 Å². The van der Waals surface area contributed by atoms with Crippen LogP contribution in [0.2, 0.25) is 5.02 Å². The maximum Gasteiger partial charge on any atom is 0.207 e. The Labute approximate surface area is 108 Å². The molecule has 6 heteroatoms. The number of thioether (sulfide) groups is 2. The second-order valence-electron chi connectivity index (χ2n) is 2.54. The van der Waals surface area contributed by atoms with Gasteiger partial charge in [-0.25, -0.2) is 0 Å². The van der Waals surface area contributed by atoms with Crippen molar-refractivity contribution in [2.24, 2.45) is 4.99 Å². The zero-order valence-electron chi connectivity index (χ0n) is 8.51. The highest BCUT2D eigenvalue weighted by molar-refractivity contribution is 8.38. The number of benzene rings is 1. The van der Waals surface area contributed by atoms with Gasteiger partial charge >= 0.3 is 0 Å². The van der Waals surface area contributed by atoms with E-state index in [1.54, 1.807) is 30.5 Å². The molecular weight excluding hydrogens is 264 g/mol. The van der Waals surface area contributed by atoms with Crippen LogP contribution in [0.4, 0.5) is 0 Å². The average Bonchev–Trinajstić information content (AvgIpc) is 2.30. The largest absolute Gasteiger partial charge is 0.483 e. The predicted molar refractivity (Wildman–Crippen MR) is 71.1 cm³/mol. The molecule has 0 saturated carbocycles. The van der Waals surface area contributed by atoms with Gasteiger partial charge in [-0.1, -0.05) is 23.4 Å². The van der Waals surface area contributed by atoms with Crippen molar-refractivity contribution in [2.75, 3.05) is 12.2 Å². The van der Waals surface area contributed by atoms with Gasteiger partial charge in [-0.05, 0) is 30.5 Å².